The number of aliphatic hydroxyl groups is 1. The predicted octanol–water partition coefficient (Wildman–Crippen LogP) is 7.59. The van der Waals surface area contributed by atoms with E-state index in [0.29, 0.717) is 6.42 Å². The summed E-state index contributed by atoms with van der Waals surface area (Å²) in [5, 5.41) is 14.6. The van der Waals surface area contributed by atoms with Crippen LogP contribution in [0.15, 0.2) is 91.0 Å². The molecule has 1 saturated heterocycles. The molecular formula is C42H44F2IN3O5. The van der Waals surface area contributed by atoms with Crippen molar-refractivity contribution >= 4 is 40.5 Å². The average Bonchev–Trinajstić information content (AvgIpc) is 3.46. The Hall–Kier alpha value is -4.36. The van der Waals surface area contributed by atoms with Crippen molar-refractivity contribution in [1.82, 2.24) is 15.1 Å². The number of hydrogen-bond donors (Lipinski definition) is 2. The molecule has 0 saturated carbocycles. The maximum Gasteiger partial charge on any atom is 0.410 e. The average molecular weight is 836 g/mol. The number of hydrogen-bond acceptors (Lipinski definition) is 5. The largest absolute Gasteiger partial charge is 0.448 e. The molecule has 1 aliphatic carbocycles. The predicted molar refractivity (Wildman–Crippen MR) is 207 cm³/mol. The molecule has 1 heterocycles. The van der Waals surface area contributed by atoms with Gasteiger partial charge in [0, 0.05) is 48.0 Å². The van der Waals surface area contributed by atoms with Gasteiger partial charge in [0.1, 0.15) is 18.2 Å². The molecule has 2 atom stereocenters. The summed E-state index contributed by atoms with van der Waals surface area (Å²) in [6.45, 7) is 1.40. The quantitative estimate of drug-likeness (QED) is 0.128. The van der Waals surface area contributed by atoms with E-state index in [0.717, 1.165) is 81.9 Å². The normalized spacial score (nSPS) is 14.9. The van der Waals surface area contributed by atoms with E-state index in [1.165, 1.54) is 4.90 Å². The van der Waals surface area contributed by atoms with Crippen molar-refractivity contribution in [2.45, 2.75) is 69.6 Å². The molecule has 0 spiro atoms. The molecule has 2 N–H and O–H groups in total. The number of piperidine rings is 1. The van der Waals surface area contributed by atoms with Gasteiger partial charge in [0.15, 0.2) is 0 Å². The minimum atomic E-state index is -1.34. The third-order valence-corrected chi connectivity index (χ3v) is 10.6. The lowest BCUT2D eigenvalue weighted by Crippen LogP contribution is -2.50. The van der Waals surface area contributed by atoms with E-state index in [1.54, 1.807) is 0 Å². The molecule has 1 fully saturated rings. The summed E-state index contributed by atoms with van der Waals surface area (Å²) in [5.41, 5.74) is 5.36. The van der Waals surface area contributed by atoms with Crippen LogP contribution in [0.2, 0.25) is 0 Å². The number of amides is 3. The summed E-state index contributed by atoms with van der Waals surface area (Å²) < 4.78 is 35.4. The zero-order valence-electron chi connectivity index (χ0n) is 29.5. The van der Waals surface area contributed by atoms with Crippen LogP contribution in [-0.4, -0.2) is 71.2 Å². The second kappa shape index (κ2) is 18.1. The summed E-state index contributed by atoms with van der Waals surface area (Å²) in [6, 6.07) is 25.7. The van der Waals surface area contributed by atoms with Gasteiger partial charge >= 0.3 is 6.09 Å². The molecule has 0 bridgehead atoms. The van der Waals surface area contributed by atoms with Gasteiger partial charge in [-0.1, -0.05) is 60.7 Å². The molecule has 11 heteroatoms. The zero-order chi connectivity index (χ0) is 37.3. The van der Waals surface area contributed by atoms with Gasteiger partial charge in [-0.25, -0.2) is 13.6 Å². The lowest BCUT2D eigenvalue weighted by Gasteiger charge is -2.30. The fraction of sp³-hybridized carbons (Fsp3) is 0.357. The molecule has 0 radical (unpaired) electrons. The van der Waals surface area contributed by atoms with E-state index in [-0.39, 0.29) is 56.3 Å². The number of benzene rings is 4. The van der Waals surface area contributed by atoms with E-state index in [4.69, 9.17) is 4.74 Å². The van der Waals surface area contributed by atoms with Crippen LogP contribution in [0, 0.1) is 15.2 Å². The Labute approximate surface area is 322 Å². The Bertz CT molecular complexity index is 1850. The molecule has 0 unspecified atom stereocenters. The van der Waals surface area contributed by atoms with Crippen LogP contribution in [0.5, 0.6) is 0 Å². The SMILES string of the molecule is O=C(CCCC(=O)N1CCCCC1)N[C@@H](Cc1cc(F)cc(F)c1)[C@H](O)CN(Cc1cccc(I)c1)C(=O)OCC1c2ccccc2-c2ccccc21. The Morgan fingerprint density at radius 3 is 2.17 bits per heavy atom. The number of nitrogens with zero attached hydrogens (tertiary/aromatic N) is 2. The first-order chi connectivity index (χ1) is 25.6. The van der Waals surface area contributed by atoms with Gasteiger partial charge in [-0.15, -0.1) is 0 Å². The van der Waals surface area contributed by atoms with Crippen molar-refractivity contribution in [3.63, 3.8) is 0 Å². The van der Waals surface area contributed by atoms with Crippen LogP contribution < -0.4 is 5.32 Å². The lowest BCUT2D eigenvalue weighted by molar-refractivity contribution is -0.132. The number of carbonyl (C=O) groups is 3. The van der Waals surface area contributed by atoms with Gasteiger partial charge in [-0.05, 0) is 112 Å². The highest BCUT2D eigenvalue weighted by atomic mass is 127. The monoisotopic (exact) mass is 835 g/mol. The molecular weight excluding hydrogens is 791 g/mol. The summed E-state index contributed by atoms with van der Waals surface area (Å²) in [6.07, 6.45) is 1.53. The number of likely N-dealkylation sites (tertiary alicyclic amines) is 1. The van der Waals surface area contributed by atoms with Gasteiger partial charge in [-0.2, -0.15) is 0 Å². The highest BCUT2D eigenvalue weighted by molar-refractivity contribution is 14.1. The number of carbonyl (C=O) groups excluding carboxylic acids is 3. The van der Waals surface area contributed by atoms with Crippen LogP contribution in [0.1, 0.15) is 66.7 Å². The van der Waals surface area contributed by atoms with Gasteiger partial charge < -0.3 is 25.0 Å². The second-order valence-electron chi connectivity index (χ2n) is 13.8. The standard InChI is InChI=1S/C42H44F2IN3O5/c43-30-20-29(21-31(44)24-30)23-38(46-40(50)16-9-17-41(51)47-18-6-1-7-19-47)39(49)26-48(25-28-10-8-11-32(45)22-28)42(52)53-27-37-35-14-4-2-12-33(35)34-13-3-5-15-36(34)37/h2-5,8,10-15,20-22,24,37-39,49H,1,6-7,9,16-19,23,25-27H2,(H,46,50)/t38-,39+/m0/s1. The molecule has 8 nitrogen and oxygen atoms in total. The maximum atomic E-state index is 14.2. The molecule has 53 heavy (non-hydrogen) atoms. The number of aliphatic hydroxyl groups excluding tert-OH is 1. The molecule has 4 aromatic carbocycles. The number of fused-ring (bicyclic) bond motifs is 3. The lowest BCUT2D eigenvalue weighted by atomic mass is 9.98. The Balaban J connectivity index is 1.17. The number of rotatable bonds is 14. The van der Waals surface area contributed by atoms with Gasteiger partial charge in [0.05, 0.1) is 18.7 Å². The molecule has 2 aliphatic rings. The van der Waals surface area contributed by atoms with E-state index >= 15 is 0 Å². The van der Waals surface area contributed by atoms with Crippen LogP contribution in [0.25, 0.3) is 11.1 Å². The first-order valence-electron chi connectivity index (χ1n) is 18.2. The first-order valence-corrected chi connectivity index (χ1v) is 19.3. The maximum absolute atomic E-state index is 14.2. The van der Waals surface area contributed by atoms with Crippen molar-refractivity contribution in [2.24, 2.45) is 0 Å². The molecule has 4 aromatic rings. The Morgan fingerprint density at radius 1 is 0.849 bits per heavy atom. The molecule has 278 valence electrons. The highest BCUT2D eigenvalue weighted by Gasteiger charge is 2.32. The topological polar surface area (TPSA) is 99.2 Å². The van der Waals surface area contributed by atoms with Crippen molar-refractivity contribution in [1.29, 1.82) is 0 Å². The third kappa shape index (κ3) is 10.2. The van der Waals surface area contributed by atoms with Crippen molar-refractivity contribution in [3.8, 4) is 11.1 Å². The van der Waals surface area contributed by atoms with Crippen LogP contribution in [0.3, 0.4) is 0 Å². The Kier molecular flexibility index (Phi) is 13.1. The smallest absolute Gasteiger partial charge is 0.410 e. The second-order valence-corrected chi connectivity index (χ2v) is 15.1. The minimum absolute atomic E-state index is 0.0126. The van der Waals surface area contributed by atoms with E-state index < -0.39 is 35.8 Å². The van der Waals surface area contributed by atoms with Crippen LogP contribution in [-0.2, 0) is 27.3 Å². The third-order valence-electron chi connectivity index (χ3n) is 9.96. The van der Waals surface area contributed by atoms with Gasteiger partial charge in [0.25, 0.3) is 0 Å². The summed E-state index contributed by atoms with van der Waals surface area (Å²) >= 11 is 2.19. The van der Waals surface area contributed by atoms with Gasteiger partial charge in [-0.3, -0.25) is 9.59 Å². The number of halogens is 3. The molecule has 0 aromatic heterocycles. The fourth-order valence-corrected chi connectivity index (χ4v) is 7.95. The molecule has 6 rings (SSSR count). The minimum Gasteiger partial charge on any atom is -0.448 e. The summed E-state index contributed by atoms with van der Waals surface area (Å²) in [4.78, 5) is 43.1. The van der Waals surface area contributed by atoms with Crippen molar-refractivity contribution < 1.29 is 33.0 Å². The van der Waals surface area contributed by atoms with Crippen LogP contribution in [0.4, 0.5) is 13.6 Å². The number of nitrogens with one attached hydrogen (secondary N) is 1. The van der Waals surface area contributed by atoms with E-state index in [9.17, 15) is 28.3 Å². The zero-order valence-corrected chi connectivity index (χ0v) is 31.6. The highest BCUT2D eigenvalue weighted by Crippen LogP contribution is 2.44. The molecule has 3 amide bonds. The Morgan fingerprint density at radius 2 is 1.51 bits per heavy atom. The summed E-state index contributed by atoms with van der Waals surface area (Å²) in [7, 11) is 0. The van der Waals surface area contributed by atoms with E-state index in [2.05, 4.69) is 40.0 Å². The first kappa shape index (κ1) is 38.4. The van der Waals surface area contributed by atoms with Crippen LogP contribution >= 0.6 is 22.6 Å². The van der Waals surface area contributed by atoms with Gasteiger partial charge in [0.2, 0.25) is 11.8 Å². The number of ether oxygens (including phenoxy) is 1. The van der Waals surface area contributed by atoms with Crippen molar-refractivity contribution in [3.05, 3.63) is 128 Å². The molecule has 1 aliphatic heterocycles. The fourth-order valence-electron chi connectivity index (χ4n) is 7.34. The summed E-state index contributed by atoms with van der Waals surface area (Å²) in [5.74, 6) is -2.14. The van der Waals surface area contributed by atoms with Crippen molar-refractivity contribution in [2.75, 3.05) is 26.2 Å². The van der Waals surface area contributed by atoms with E-state index in [1.807, 2.05) is 65.6 Å².